The van der Waals surface area contributed by atoms with Crippen LogP contribution in [0.25, 0.3) is 0 Å². The molecule has 2 aromatic rings. The van der Waals surface area contributed by atoms with Crippen molar-refractivity contribution in [2.45, 2.75) is 10.6 Å². The molecular weight excluding hydrogens is 278 g/mol. The molecule has 0 fully saturated rings. The molecule has 0 aliphatic rings. The maximum Gasteiger partial charge on any atom is 0.339 e. The molecule has 1 unspecified atom stereocenters. The molecule has 2 rings (SSSR count). The number of furan rings is 1. The molecule has 0 saturated heterocycles. The molecule has 1 aromatic heterocycles. The lowest BCUT2D eigenvalue weighted by Crippen LogP contribution is -2.04. The van der Waals surface area contributed by atoms with Crippen LogP contribution in [0.1, 0.15) is 16.1 Å². The van der Waals surface area contributed by atoms with Gasteiger partial charge in [-0.25, -0.2) is 13.6 Å². The number of benzene rings is 1. The largest absolute Gasteiger partial charge is 0.478 e. The summed E-state index contributed by atoms with van der Waals surface area (Å²) in [5.74, 6) is -3.16. The van der Waals surface area contributed by atoms with Crippen molar-refractivity contribution in [1.29, 1.82) is 0 Å². The van der Waals surface area contributed by atoms with Gasteiger partial charge in [0.15, 0.2) is 0 Å². The third kappa shape index (κ3) is 2.87. The summed E-state index contributed by atoms with van der Waals surface area (Å²) in [5.41, 5.74) is -0.148. The lowest BCUT2D eigenvalue weighted by molar-refractivity contribution is 0.0695. The van der Waals surface area contributed by atoms with E-state index in [0.29, 0.717) is 0 Å². The molecule has 7 heteroatoms. The molecule has 0 radical (unpaired) electrons. The molecule has 0 aliphatic heterocycles. The summed E-state index contributed by atoms with van der Waals surface area (Å²) in [7, 11) is -1.93. The molecule has 0 saturated carbocycles. The van der Waals surface area contributed by atoms with Crippen molar-refractivity contribution in [3.8, 4) is 0 Å². The second-order valence-electron chi connectivity index (χ2n) is 3.63. The van der Waals surface area contributed by atoms with Gasteiger partial charge in [-0.15, -0.1) is 0 Å². The van der Waals surface area contributed by atoms with Crippen molar-refractivity contribution in [3.05, 3.63) is 53.5 Å². The third-order valence-corrected chi connectivity index (χ3v) is 3.70. The van der Waals surface area contributed by atoms with Crippen molar-refractivity contribution in [2.75, 3.05) is 0 Å². The molecule has 1 atom stereocenters. The molecule has 0 spiro atoms. The Morgan fingerprint density at radius 3 is 2.74 bits per heavy atom. The Labute approximate surface area is 109 Å². The van der Waals surface area contributed by atoms with Gasteiger partial charge in [0.05, 0.1) is 27.7 Å². The zero-order chi connectivity index (χ0) is 14.0. The highest BCUT2D eigenvalue weighted by molar-refractivity contribution is 7.84. The Kier molecular flexibility index (Phi) is 3.75. The maximum absolute atomic E-state index is 13.4. The summed E-state index contributed by atoms with van der Waals surface area (Å²) < 4.78 is 43.2. The van der Waals surface area contributed by atoms with E-state index in [2.05, 4.69) is 0 Å². The monoisotopic (exact) mass is 286 g/mol. The van der Waals surface area contributed by atoms with Gasteiger partial charge in [-0.2, -0.15) is 0 Å². The molecule has 1 aromatic carbocycles. The number of aromatic carboxylic acids is 1. The minimum absolute atomic E-state index is 0.0468. The van der Waals surface area contributed by atoms with E-state index in [0.717, 1.165) is 24.5 Å². The normalized spacial score (nSPS) is 12.3. The Bertz CT molecular complexity index is 651. The molecule has 0 bridgehead atoms. The summed E-state index contributed by atoms with van der Waals surface area (Å²) in [6.45, 7) is 0. The van der Waals surface area contributed by atoms with Crippen LogP contribution < -0.4 is 0 Å². The molecule has 100 valence electrons. The topological polar surface area (TPSA) is 67.5 Å². The quantitative estimate of drug-likeness (QED) is 0.938. The van der Waals surface area contributed by atoms with Crippen LogP contribution in [-0.4, -0.2) is 15.3 Å². The van der Waals surface area contributed by atoms with E-state index in [-0.39, 0.29) is 22.0 Å². The number of halogens is 2. The predicted molar refractivity (Wildman–Crippen MR) is 62.1 cm³/mol. The van der Waals surface area contributed by atoms with E-state index in [1.165, 1.54) is 6.07 Å². The van der Waals surface area contributed by atoms with Crippen LogP contribution in [0.3, 0.4) is 0 Å². The predicted octanol–water partition coefficient (Wildman–Crippen LogP) is 2.56. The van der Waals surface area contributed by atoms with Crippen LogP contribution in [0.4, 0.5) is 8.78 Å². The van der Waals surface area contributed by atoms with Crippen molar-refractivity contribution in [1.82, 2.24) is 0 Å². The fourth-order valence-corrected chi connectivity index (χ4v) is 2.64. The number of hydrogen-bond acceptors (Lipinski definition) is 3. The highest BCUT2D eigenvalue weighted by Crippen LogP contribution is 2.20. The van der Waals surface area contributed by atoms with Gasteiger partial charge < -0.3 is 9.52 Å². The summed E-state index contributed by atoms with van der Waals surface area (Å²) in [6, 6.07) is 3.79. The molecule has 1 N–H and O–H groups in total. The van der Waals surface area contributed by atoms with Gasteiger partial charge in [0.2, 0.25) is 0 Å². The van der Waals surface area contributed by atoms with Crippen molar-refractivity contribution < 1.29 is 27.3 Å². The van der Waals surface area contributed by atoms with Crippen LogP contribution >= 0.6 is 0 Å². The average Bonchev–Trinajstić information content (AvgIpc) is 2.80. The van der Waals surface area contributed by atoms with Crippen molar-refractivity contribution >= 4 is 16.8 Å². The Balaban J connectivity index is 2.28. The van der Waals surface area contributed by atoms with Crippen LogP contribution in [0, 0.1) is 11.6 Å². The summed E-state index contributed by atoms with van der Waals surface area (Å²) in [5, 5.41) is 8.84. The first-order valence-electron chi connectivity index (χ1n) is 5.12. The van der Waals surface area contributed by atoms with Gasteiger partial charge in [0, 0.05) is 0 Å². The Hall–Kier alpha value is -2.02. The molecule has 0 aliphatic carbocycles. The van der Waals surface area contributed by atoms with Gasteiger partial charge in [0.1, 0.15) is 23.0 Å². The standard InChI is InChI=1S/C12H8F2O4S/c13-7-1-2-9(14)11(5-7)19(17)6-10-8(12(15)16)3-4-18-10/h1-5H,6H2,(H,15,16). The van der Waals surface area contributed by atoms with Gasteiger partial charge in [0.25, 0.3) is 0 Å². The van der Waals surface area contributed by atoms with E-state index >= 15 is 0 Å². The van der Waals surface area contributed by atoms with Gasteiger partial charge in [-0.05, 0) is 24.3 Å². The number of carboxylic acid groups (broad SMARTS) is 1. The average molecular weight is 286 g/mol. The maximum atomic E-state index is 13.4. The zero-order valence-electron chi connectivity index (χ0n) is 9.43. The second-order valence-corrected chi connectivity index (χ2v) is 5.05. The van der Waals surface area contributed by atoms with E-state index in [9.17, 15) is 17.8 Å². The first kappa shape index (κ1) is 13.4. The third-order valence-electron chi connectivity index (χ3n) is 2.38. The smallest absolute Gasteiger partial charge is 0.339 e. The summed E-state index contributed by atoms with van der Waals surface area (Å²) >= 11 is 0. The number of hydrogen-bond donors (Lipinski definition) is 1. The van der Waals surface area contributed by atoms with Gasteiger partial charge in [-0.1, -0.05) is 0 Å². The fraction of sp³-hybridized carbons (Fsp3) is 0.0833. The van der Waals surface area contributed by atoms with Crippen LogP contribution in [0.15, 0.2) is 39.8 Å². The SMILES string of the molecule is O=C(O)c1ccoc1CS(=O)c1cc(F)ccc1F. The lowest BCUT2D eigenvalue weighted by atomic mass is 10.3. The van der Waals surface area contributed by atoms with Gasteiger partial charge in [-0.3, -0.25) is 4.21 Å². The Morgan fingerprint density at radius 1 is 1.32 bits per heavy atom. The molecule has 4 nitrogen and oxygen atoms in total. The molecule has 19 heavy (non-hydrogen) atoms. The van der Waals surface area contributed by atoms with E-state index in [1.54, 1.807) is 0 Å². The van der Waals surface area contributed by atoms with Crippen LogP contribution in [-0.2, 0) is 16.6 Å². The summed E-state index contributed by atoms with van der Waals surface area (Å²) in [6.07, 6.45) is 1.14. The van der Waals surface area contributed by atoms with E-state index in [4.69, 9.17) is 9.52 Å². The van der Waals surface area contributed by atoms with E-state index in [1.807, 2.05) is 0 Å². The highest BCUT2D eigenvalue weighted by Gasteiger charge is 2.19. The van der Waals surface area contributed by atoms with Gasteiger partial charge >= 0.3 is 5.97 Å². The number of carbonyl (C=O) groups is 1. The van der Waals surface area contributed by atoms with Crippen LogP contribution in [0.2, 0.25) is 0 Å². The van der Waals surface area contributed by atoms with Crippen molar-refractivity contribution in [2.24, 2.45) is 0 Å². The lowest BCUT2D eigenvalue weighted by Gasteiger charge is -2.03. The fourth-order valence-electron chi connectivity index (χ4n) is 1.49. The first-order chi connectivity index (χ1) is 8.99. The Morgan fingerprint density at radius 2 is 2.05 bits per heavy atom. The molecular formula is C12H8F2O4S. The van der Waals surface area contributed by atoms with Crippen LogP contribution in [0.5, 0.6) is 0 Å². The molecule has 1 heterocycles. The molecule has 0 amide bonds. The minimum atomic E-state index is -1.93. The first-order valence-corrected chi connectivity index (χ1v) is 6.44. The minimum Gasteiger partial charge on any atom is -0.478 e. The highest BCUT2D eigenvalue weighted by atomic mass is 32.2. The number of rotatable bonds is 4. The number of carboxylic acids is 1. The van der Waals surface area contributed by atoms with E-state index < -0.39 is 28.4 Å². The summed E-state index contributed by atoms with van der Waals surface area (Å²) in [4.78, 5) is 10.5. The second kappa shape index (κ2) is 5.31. The van der Waals surface area contributed by atoms with Crippen molar-refractivity contribution in [3.63, 3.8) is 0 Å². The zero-order valence-corrected chi connectivity index (χ0v) is 10.2.